The zero-order chi connectivity index (χ0) is 20.6. The van der Waals surface area contributed by atoms with Crippen LogP contribution < -0.4 is 9.47 Å². The monoisotopic (exact) mass is 405 g/mol. The molecule has 152 valence electrons. The van der Waals surface area contributed by atoms with Crippen LogP contribution in [-0.4, -0.2) is 36.5 Å². The van der Waals surface area contributed by atoms with Crippen LogP contribution >= 0.6 is 0 Å². The van der Waals surface area contributed by atoms with Gasteiger partial charge in [-0.3, -0.25) is 9.59 Å². The number of benzene rings is 2. The van der Waals surface area contributed by atoms with Gasteiger partial charge in [0.15, 0.2) is 17.3 Å². The lowest BCUT2D eigenvalue weighted by Gasteiger charge is -2.32. The molecule has 4 rings (SSSR count). The normalized spacial score (nSPS) is 18.6. The lowest BCUT2D eigenvalue weighted by molar-refractivity contribution is -0.137. The van der Waals surface area contributed by atoms with Gasteiger partial charge in [-0.2, -0.15) is 13.2 Å². The van der Waals surface area contributed by atoms with Gasteiger partial charge in [-0.25, -0.2) is 0 Å². The number of likely N-dealkylation sites (tertiary alicyclic amines) is 1. The first kappa shape index (κ1) is 19.3. The molecule has 0 spiro atoms. The number of carbonyl (C=O) groups is 2. The summed E-state index contributed by atoms with van der Waals surface area (Å²) in [7, 11) is 0. The third-order valence-electron chi connectivity index (χ3n) is 5.20. The Balaban J connectivity index is 1.46. The van der Waals surface area contributed by atoms with E-state index in [0.717, 1.165) is 12.1 Å². The van der Waals surface area contributed by atoms with Crippen LogP contribution in [0, 0.1) is 5.92 Å². The zero-order valence-electron chi connectivity index (χ0n) is 15.4. The molecule has 2 aromatic rings. The zero-order valence-corrected chi connectivity index (χ0v) is 15.4. The van der Waals surface area contributed by atoms with Crippen LogP contribution in [0.25, 0.3) is 0 Å². The van der Waals surface area contributed by atoms with Crippen molar-refractivity contribution in [3.8, 4) is 11.5 Å². The maximum absolute atomic E-state index is 12.9. The van der Waals surface area contributed by atoms with Crippen molar-refractivity contribution in [3.63, 3.8) is 0 Å². The Hall–Kier alpha value is -3.03. The molecule has 1 fully saturated rings. The summed E-state index contributed by atoms with van der Waals surface area (Å²) in [5, 5.41) is 0. The summed E-state index contributed by atoms with van der Waals surface area (Å²) >= 11 is 0. The Labute approximate surface area is 165 Å². The van der Waals surface area contributed by atoms with Gasteiger partial charge in [0.25, 0.3) is 5.91 Å². The third kappa shape index (κ3) is 3.92. The number of Topliss-reactive ketones (excluding diaryl/α,β-unsaturated/α-hetero) is 1. The largest absolute Gasteiger partial charge is 0.454 e. The Morgan fingerprint density at radius 2 is 1.66 bits per heavy atom. The number of hydrogen-bond donors (Lipinski definition) is 0. The molecule has 1 amide bonds. The molecule has 0 radical (unpaired) electrons. The smallest absolute Gasteiger partial charge is 0.416 e. The molecule has 29 heavy (non-hydrogen) atoms. The number of nitrogens with zero attached hydrogens (tertiary/aromatic N) is 1. The molecule has 0 saturated carbocycles. The summed E-state index contributed by atoms with van der Waals surface area (Å²) in [4.78, 5) is 27.1. The predicted octanol–water partition coefficient (Wildman–Crippen LogP) is 4.17. The van der Waals surface area contributed by atoms with Crippen LogP contribution in [0.3, 0.4) is 0 Å². The molecule has 0 aliphatic carbocycles. The van der Waals surface area contributed by atoms with E-state index in [1.807, 2.05) is 0 Å². The van der Waals surface area contributed by atoms with Crippen LogP contribution in [0.2, 0.25) is 0 Å². The van der Waals surface area contributed by atoms with E-state index in [9.17, 15) is 22.8 Å². The molecule has 2 aromatic carbocycles. The van der Waals surface area contributed by atoms with Crippen molar-refractivity contribution >= 4 is 11.7 Å². The summed E-state index contributed by atoms with van der Waals surface area (Å²) in [6, 6.07) is 9.14. The minimum Gasteiger partial charge on any atom is -0.454 e. The average molecular weight is 405 g/mol. The van der Waals surface area contributed by atoms with Crippen LogP contribution in [0.5, 0.6) is 11.5 Å². The number of amides is 1. The van der Waals surface area contributed by atoms with Crippen molar-refractivity contribution in [2.45, 2.75) is 19.0 Å². The predicted molar refractivity (Wildman–Crippen MR) is 97.0 cm³/mol. The number of fused-ring (bicyclic) bond motifs is 1. The van der Waals surface area contributed by atoms with Crippen molar-refractivity contribution in [2.24, 2.45) is 5.92 Å². The molecule has 1 atom stereocenters. The van der Waals surface area contributed by atoms with Crippen LogP contribution in [-0.2, 0) is 6.18 Å². The number of piperidine rings is 1. The van der Waals surface area contributed by atoms with Gasteiger partial charge in [0.1, 0.15) is 0 Å². The fourth-order valence-electron chi connectivity index (χ4n) is 3.65. The minimum absolute atomic E-state index is 0.0896. The van der Waals surface area contributed by atoms with Gasteiger partial charge in [0.05, 0.1) is 5.56 Å². The summed E-state index contributed by atoms with van der Waals surface area (Å²) < 4.78 is 48.7. The highest BCUT2D eigenvalue weighted by Gasteiger charge is 2.32. The van der Waals surface area contributed by atoms with E-state index in [1.165, 1.54) is 17.0 Å². The lowest BCUT2D eigenvalue weighted by atomic mass is 9.89. The van der Waals surface area contributed by atoms with Gasteiger partial charge in [-0.1, -0.05) is 0 Å². The molecular formula is C21H18F3NO4. The summed E-state index contributed by atoms with van der Waals surface area (Å²) in [5.41, 5.74) is -0.138. The second-order valence-electron chi connectivity index (χ2n) is 7.10. The maximum atomic E-state index is 12.9. The first-order valence-corrected chi connectivity index (χ1v) is 9.23. The molecule has 0 aromatic heterocycles. The van der Waals surface area contributed by atoms with Crippen molar-refractivity contribution in [1.82, 2.24) is 4.90 Å². The van der Waals surface area contributed by atoms with Crippen molar-refractivity contribution in [1.29, 1.82) is 0 Å². The maximum Gasteiger partial charge on any atom is 0.416 e. The molecule has 8 heteroatoms. The van der Waals surface area contributed by atoms with Gasteiger partial charge < -0.3 is 14.4 Å². The summed E-state index contributed by atoms with van der Waals surface area (Å²) in [6.07, 6.45) is -3.16. The lowest BCUT2D eigenvalue weighted by Crippen LogP contribution is -2.42. The molecule has 2 aliphatic heterocycles. The number of halogens is 3. The van der Waals surface area contributed by atoms with Gasteiger partial charge in [0, 0.05) is 30.1 Å². The minimum atomic E-state index is -4.45. The van der Waals surface area contributed by atoms with E-state index in [1.54, 1.807) is 18.2 Å². The molecule has 2 aliphatic rings. The number of hydrogen-bond acceptors (Lipinski definition) is 4. The third-order valence-corrected chi connectivity index (χ3v) is 5.20. The van der Waals surface area contributed by atoms with Crippen LogP contribution in [0.4, 0.5) is 13.2 Å². The Bertz CT molecular complexity index is 940. The number of ether oxygens (including phenoxy) is 2. The SMILES string of the molecule is O=C(c1ccc2c(c1)OCO2)[C@@H]1CCCN(C(=O)c2ccc(C(F)(F)F)cc2)C1. The van der Waals surface area contributed by atoms with Crippen LogP contribution in [0.15, 0.2) is 42.5 Å². The number of rotatable bonds is 3. The Morgan fingerprint density at radius 1 is 0.966 bits per heavy atom. The number of carbonyl (C=O) groups excluding carboxylic acids is 2. The molecule has 0 N–H and O–H groups in total. The topological polar surface area (TPSA) is 55.8 Å². The molecule has 5 nitrogen and oxygen atoms in total. The van der Waals surface area contributed by atoms with Gasteiger partial charge in [-0.15, -0.1) is 0 Å². The number of ketones is 1. The second-order valence-corrected chi connectivity index (χ2v) is 7.10. The van der Waals surface area contributed by atoms with Crippen molar-refractivity contribution < 1.29 is 32.2 Å². The highest BCUT2D eigenvalue weighted by molar-refractivity contribution is 6.00. The molecular weight excluding hydrogens is 387 g/mol. The van der Waals surface area contributed by atoms with Crippen LogP contribution in [0.1, 0.15) is 39.1 Å². The summed E-state index contributed by atoms with van der Waals surface area (Å²) in [6.45, 7) is 0.809. The van der Waals surface area contributed by atoms with E-state index in [0.29, 0.717) is 36.4 Å². The van der Waals surface area contributed by atoms with E-state index >= 15 is 0 Å². The van der Waals surface area contributed by atoms with E-state index in [-0.39, 0.29) is 36.5 Å². The highest BCUT2D eigenvalue weighted by atomic mass is 19.4. The first-order chi connectivity index (χ1) is 13.8. The molecule has 0 bridgehead atoms. The van der Waals surface area contributed by atoms with E-state index in [2.05, 4.69) is 0 Å². The molecule has 0 unspecified atom stereocenters. The van der Waals surface area contributed by atoms with Gasteiger partial charge in [-0.05, 0) is 55.3 Å². The molecule has 1 saturated heterocycles. The van der Waals surface area contributed by atoms with E-state index in [4.69, 9.17) is 9.47 Å². The van der Waals surface area contributed by atoms with Crippen molar-refractivity contribution in [2.75, 3.05) is 19.9 Å². The first-order valence-electron chi connectivity index (χ1n) is 9.23. The standard InChI is InChI=1S/C21H18F3NO4/c22-21(23,24)16-6-3-13(4-7-16)20(27)25-9-1-2-15(11-25)19(26)14-5-8-17-18(10-14)29-12-28-17/h3-8,10,15H,1-2,9,11-12H2/t15-/m1/s1. The average Bonchev–Trinajstić information content (AvgIpc) is 3.20. The quantitative estimate of drug-likeness (QED) is 0.720. The Kier molecular flexibility index (Phi) is 4.94. The Morgan fingerprint density at radius 3 is 2.38 bits per heavy atom. The molecule has 2 heterocycles. The highest BCUT2D eigenvalue weighted by Crippen LogP contribution is 2.34. The van der Waals surface area contributed by atoms with Gasteiger partial charge in [0.2, 0.25) is 6.79 Å². The van der Waals surface area contributed by atoms with E-state index < -0.39 is 11.7 Å². The van der Waals surface area contributed by atoms with Crippen molar-refractivity contribution in [3.05, 3.63) is 59.2 Å². The van der Waals surface area contributed by atoms with Gasteiger partial charge >= 0.3 is 6.18 Å². The fourth-order valence-corrected chi connectivity index (χ4v) is 3.65. The second kappa shape index (κ2) is 7.42. The fraction of sp³-hybridized carbons (Fsp3) is 0.333. The summed E-state index contributed by atoms with van der Waals surface area (Å²) in [5.74, 6) is 0.270. The number of alkyl halides is 3.